The van der Waals surface area contributed by atoms with Crippen LogP contribution in [0.15, 0.2) is 42.5 Å². The van der Waals surface area contributed by atoms with E-state index < -0.39 is 11.6 Å². The highest BCUT2D eigenvalue weighted by atomic mass is 19.1. The standard InChI is InChI=1S/C24H24FN5O2/c25-20-3-1-2-19(23(20)31)21-10-22-24(29-28-21)27-12-16-9-18(13-30(16)22)32-17-5-4-15-11-26-7-6-14(15)8-17/h1-5,8,10,16,18,26,31H,6-7,9,11-13H2,(H,27,29). The van der Waals surface area contributed by atoms with E-state index in [9.17, 15) is 9.50 Å². The normalized spacial score (nSPS) is 21.3. The van der Waals surface area contributed by atoms with E-state index in [-0.39, 0.29) is 12.1 Å². The van der Waals surface area contributed by atoms with Crippen LogP contribution in [0.5, 0.6) is 11.5 Å². The molecule has 0 spiro atoms. The van der Waals surface area contributed by atoms with Gasteiger partial charge in [0.05, 0.1) is 24.0 Å². The van der Waals surface area contributed by atoms with Crippen molar-refractivity contribution in [2.75, 3.05) is 29.9 Å². The third kappa shape index (κ3) is 3.31. The summed E-state index contributed by atoms with van der Waals surface area (Å²) in [5.41, 5.74) is 4.38. The summed E-state index contributed by atoms with van der Waals surface area (Å²) in [4.78, 5) is 2.29. The molecule has 8 heteroatoms. The van der Waals surface area contributed by atoms with Crippen molar-refractivity contribution in [3.63, 3.8) is 0 Å². The molecule has 2 aromatic carbocycles. The number of nitrogens with one attached hydrogen (secondary N) is 2. The predicted molar refractivity (Wildman–Crippen MR) is 120 cm³/mol. The van der Waals surface area contributed by atoms with Crippen LogP contribution in [0.4, 0.5) is 15.9 Å². The van der Waals surface area contributed by atoms with Crippen LogP contribution >= 0.6 is 0 Å². The van der Waals surface area contributed by atoms with Gasteiger partial charge in [-0.2, -0.15) is 0 Å². The molecule has 2 unspecified atom stereocenters. The van der Waals surface area contributed by atoms with Crippen LogP contribution in [0.25, 0.3) is 11.3 Å². The highest BCUT2D eigenvalue weighted by Crippen LogP contribution is 2.39. The minimum absolute atomic E-state index is 0.0618. The van der Waals surface area contributed by atoms with Gasteiger partial charge in [-0.1, -0.05) is 12.1 Å². The molecular weight excluding hydrogens is 409 g/mol. The first-order valence-electron chi connectivity index (χ1n) is 11.0. The predicted octanol–water partition coefficient (Wildman–Crippen LogP) is 3.09. The lowest BCUT2D eigenvalue weighted by molar-refractivity contribution is 0.221. The third-order valence-corrected chi connectivity index (χ3v) is 6.59. The molecule has 3 N–H and O–H groups in total. The summed E-state index contributed by atoms with van der Waals surface area (Å²) in [6.45, 7) is 3.42. The fourth-order valence-electron chi connectivity index (χ4n) is 4.96. The number of hydrogen-bond acceptors (Lipinski definition) is 7. The zero-order valence-corrected chi connectivity index (χ0v) is 17.5. The summed E-state index contributed by atoms with van der Waals surface area (Å²) in [5.74, 6) is 0.533. The van der Waals surface area contributed by atoms with E-state index in [2.05, 4.69) is 43.9 Å². The second-order valence-corrected chi connectivity index (χ2v) is 8.62. The first kappa shape index (κ1) is 19.3. The number of benzene rings is 2. The molecule has 32 heavy (non-hydrogen) atoms. The number of rotatable bonds is 3. The maximum Gasteiger partial charge on any atom is 0.172 e. The number of phenolic OH excluding ortho intramolecular Hbond substituents is 1. The molecule has 3 aliphatic heterocycles. The molecule has 3 aliphatic rings. The van der Waals surface area contributed by atoms with E-state index in [0.717, 1.165) is 50.5 Å². The zero-order chi connectivity index (χ0) is 21.7. The number of anilines is 2. The second-order valence-electron chi connectivity index (χ2n) is 8.62. The van der Waals surface area contributed by atoms with Gasteiger partial charge < -0.3 is 25.4 Å². The number of ether oxygens (including phenoxy) is 1. The van der Waals surface area contributed by atoms with Crippen LogP contribution in [0, 0.1) is 5.82 Å². The average molecular weight is 433 g/mol. The van der Waals surface area contributed by atoms with Crippen molar-refractivity contribution in [3.05, 3.63) is 59.4 Å². The van der Waals surface area contributed by atoms with Crippen molar-refractivity contribution in [1.82, 2.24) is 15.5 Å². The van der Waals surface area contributed by atoms with E-state index in [1.807, 2.05) is 6.07 Å². The fourth-order valence-corrected chi connectivity index (χ4v) is 4.96. The Hall–Kier alpha value is -3.39. The molecule has 2 atom stereocenters. The van der Waals surface area contributed by atoms with Crippen molar-refractivity contribution in [2.45, 2.75) is 31.5 Å². The zero-order valence-electron chi connectivity index (χ0n) is 17.5. The summed E-state index contributed by atoms with van der Waals surface area (Å²) in [7, 11) is 0. The molecule has 164 valence electrons. The minimum atomic E-state index is -0.673. The van der Waals surface area contributed by atoms with Crippen LogP contribution in [0.3, 0.4) is 0 Å². The van der Waals surface area contributed by atoms with E-state index >= 15 is 0 Å². The molecule has 1 aromatic heterocycles. The number of hydrogen-bond donors (Lipinski definition) is 3. The first-order valence-corrected chi connectivity index (χ1v) is 11.0. The molecular formula is C24H24FN5O2. The van der Waals surface area contributed by atoms with E-state index in [0.29, 0.717) is 17.1 Å². The highest BCUT2D eigenvalue weighted by molar-refractivity contribution is 5.76. The van der Waals surface area contributed by atoms with Crippen LogP contribution in [0.1, 0.15) is 17.5 Å². The Morgan fingerprint density at radius 1 is 1.12 bits per heavy atom. The smallest absolute Gasteiger partial charge is 0.172 e. The molecule has 0 amide bonds. The summed E-state index contributed by atoms with van der Waals surface area (Å²) in [6, 6.07) is 13.0. The van der Waals surface area contributed by atoms with Crippen molar-refractivity contribution in [2.24, 2.45) is 0 Å². The maximum atomic E-state index is 13.8. The van der Waals surface area contributed by atoms with Gasteiger partial charge in [-0.25, -0.2) is 4.39 Å². The summed E-state index contributed by atoms with van der Waals surface area (Å²) < 4.78 is 20.2. The van der Waals surface area contributed by atoms with Gasteiger partial charge in [0.25, 0.3) is 0 Å². The Morgan fingerprint density at radius 3 is 3.00 bits per heavy atom. The number of aromatic hydroxyl groups is 1. The van der Waals surface area contributed by atoms with Crippen LogP contribution in [0.2, 0.25) is 0 Å². The van der Waals surface area contributed by atoms with Crippen molar-refractivity contribution < 1.29 is 14.2 Å². The van der Waals surface area contributed by atoms with Crippen LogP contribution in [-0.4, -0.2) is 47.1 Å². The van der Waals surface area contributed by atoms with Gasteiger partial charge in [0.1, 0.15) is 11.9 Å². The molecule has 4 heterocycles. The molecule has 0 bridgehead atoms. The Balaban J connectivity index is 1.25. The molecule has 0 saturated carbocycles. The lowest BCUT2D eigenvalue weighted by Crippen LogP contribution is -2.40. The molecule has 1 saturated heterocycles. The fraction of sp³-hybridized carbons (Fsp3) is 0.333. The Labute approximate surface area is 185 Å². The van der Waals surface area contributed by atoms with Gasteiger partial charge in [-0.3, -0.25) is 0 Å². The third-order valence-electron chi connectivity index (χ3n) is 6.59. The van der Waals surface area contributed by atoms with E-state index in [4.69, 9.17) is 4.74 Å². The largest absolute Gasteiger partial charge is 0.504 e. The van der Waals surface area contributed by atoms with E-state index in [1.54, 1.807) is 12.1 Å². The average Bonchev–Trinajstić information content (AvgIpc) is 3.23. The molecule has 7 nitrogen and oxygen atoms in total. The molecule has 1 fully saturated rings. The highest BCUT2D eigenvalue weighted by Gasteiger charge is 2.38. The molecule has 0 radical (unpaired) electrons. The van der Waals surface area contributed by atoms with Crippen molar-refractivity contribution in [3.8, 4) is 22.8 Å². The Kier molecular flexibility index (Phi) is 4.61. The van der Waals surface area contributed by atoms with Gasteiger partial charge in [0.15, 0.2) is 17.4 Å². The number of aromatic nitrogens is 2. The summed E-state index contributed by atoms with van der Waals surface area (Å²) in [5, 5.41) is 25.4. The van der Waals surface area contributed by atoms with Crippen molar-refractivity contribution in [1.29, 1.82) is 0 Å². The first-order chi connectivity index (χ1) is 15.7. The maximum absolute atomic E-state index is 13.8. The van der Waals surface area contributed by atoms with Gasteiger partial charge in [0, 0.05) is 25.1 Å². The lowest BCUT2D eigenvalue weighted by atomic mass is 10.0. The molecule has 6 rings (SSSR count). The lowest BCUT2D eigenvalue weighted by Gasteiger charge is -2.33. The SMILES string of the molecule is Oc1c(F)cccc1-c1cc2c(nn1)NCC1CC(Oc3ccc4c(c3)CCNC4)CN21. The number of nitrogens with zero attached hydrogens (tertiary/aromatic N) is 3. The Bertz CT molecular complexity index is 1190. The van der Waals surface area contributed by atoms with Crippen LogP contribution < -0.4 is 20.3 Å². The summed E-state index contributed by atoms with van der Waals surface area (Å²) in [6.07, 6.45) is 1.98. The number of phenols is 1. The van der Waals surface area contributed by atoms with Gasteiger partial charge in [-0.05, 0) is 54.4 Å². The second kappa shape index (κ2) is 7.63. The van der Waals surface area contributed by atoms with Crippen LogP contribution in [-0.2, 0) is 13.0 Å². The van der Waals surface area contributed by atoms with E-state index in [1.165, 1.54) is 17.2 Å². The van der Waals surface area contributed by atoms with Gasteiger partial charge in [0.2, 0.25) is 0 Å². The Morgan fingerprint density at radius 2 is 2.06 bits per heavy atom. The number of para-hydroxylation sites is 1. The topological polar surface area (TPSA) is 82.5 Å². The number of fused-ring (bicyclic) bond motifs is 4. The summed E-state index contributed by atoms with van der Waals surface area (Å²) >= 11 is 0. The molecule has 3 aromatic rings. The van der Waals surface area contributed by atoms with Gasteiger partial charge in [-0.15, -0.1) is 10.2 Å². The quantitative estimate of drug-likeness (QED) is 0.586. The minimum Gasteiger partial charge on any atom is -0.504 e. The van der Waals surface area contributed by atoms with Crippen molar-refractivity contribution >= 4 is 11.5 Å². The number of halogens is 1. The van der Waals surface area contributed by atoms with Gasteiger partial charge >= 0.3 is 0 Å². The monoisotopic (exact) mass is 433 g/mol. The molecule has 0 aliphatic carbocycles.